The number of hydrogen-bond donors (Lipinski definition) is 1. The van der Waals surface area contributed by atoms with Gasteiger partial charge in [-0.1, -0.05) is 41.6 Å². The Hall–Kier alpha value is -3.04. The Labute approximate surface area is 181 Å². The Balaban J connectivity index is 1.35. The number of amides is 1. The molecule has 2 aromatic heterocycles. The lowest BCUT2D eigenvalue weighted by atomic mass is 10.2. The number of aromatic nitrogens is 4. The average molecular weight is 440 g/mol. The second-order valence-electron chi connectivity index (χ2n) is 6.55. The molecule has 0 aliphatic rings. The number of rotatable bonds is 7. The summed E-state index contributed by atoms with van der Waals surface area (Å²) in [5.74, 6) is 0.102. The fraction of sp³-hybridized carbons (Fsp3) is 0.143. The number of carbonyl (C=O) groups excluding carboxylic acids is 1. The zero-order valence-corrected chi connectivity index (χ0v) is 17.7. The summed E-state index contributed by atoms with van der Waals surface area (Å²) in [6.07, 6.45) is 1.71. The van der Waals surface area contributed by atoms with Gasteiger partial charge in [0.2, 0.25) is 5.91 Å². The molecule has 0 saturated heterocycles. The molecule has 9 heteroatoms. The van der Waals surface area contributed by atoms with Crippen LogP contribution in [-0.4, -0.2) is 25.7 Å². The molecule has 0 unspecified atom stereocenters. The van der Waals surface area contributed by atoms with Crippen molar-refractivity contribution in [3.63, 3.8) is 0 Å². The molecule has 2 aromatic carbocycles. The first-order valence-corrected chi connectivity index (χ1v) is 11.0. The number of thiazole rings is 1. The quantitative estimate of drug-likeness (QED) is 0.425. The van der Waals surface area contributed by atoms with Crippen LogP contribution < -0.4 is 5.32 Å². The smallest absolute Gasteiger partial charge is 0.231 e. The van der Waals surface area contributed by atoms with Crippen LogP contribution in [0, 0.1) is 12.7 Å². The lowest BCUT2D eigenvalue weighted by Gasteiger charge is -2.06. The molecular formula is C21H18FN5OS2. The number of carbonyl (C=O) groups is 1. The molecule has 0 atom stereocenters. The van der Waals surface area contributed by atoms with Gasteiger partial charge in [0.25, 0.3) is 0 Å². The van der Waals surface area contributed by atoms with Crippen molar-refractivity contribution < 1.29 is 9.18 Å². The van der Waals surface area contributed by atoms with Crippen molar-refractivity contribution in [2.45, 2.75) is 24.3 Å². The van der Waals surface area contributed by atoms with E-state index >= 15 is 0 Å². The fourth-order valence-electron chi connectivity index (χ4n) is 2.75. The average Bonchev–Trinajstić information content (AvgIpc) is 3.38. The van der Waals surface area contributed by atoms with Gasteiger partial charge in [0, 0.05) is 16.8 Å². The Morgan fingerprint density at radius 3 is 2.80 bits per heavy atom. The summed E-state index contributed by atoms with van der Waals surface area (Å²) in [5, 5.41) is 14.1. The van der Waals surface area contributed by atoms with Gasteiger partial charge < -0.3 is 5.32 Å². The number of thioether (sulfide) groups is 1. The van der Waals surface area contributed by atoms with Crippen LogP contribution in [0.5, 0.6) is 0 Å². The summed E-state index contributed by atoms with van der Waals surface area (Å²) in [6.45, 7) is 2.00. The van der Waals surface area contributed by atoms with Gasteiger partial charge in [-0.3, -0.25) is 9.36 Å². The van der Waals surface area contributed by atoms with Crippen molar-refractivity contribution >= 4 is 34.7 Å². The highest BCUT2D eigenvalue weighted by Crippen LogP contribution is 2.25. The second kappa shape index (κ2) is 9.19. The molecule has 4 aromatic rings. The van der Waals surface area contributed by atoms with Crippen molar-refractivity contribution in [2.75, 3.05) is 5.32 Å². The van der Waals surface area contributed by atoms with Gasteiger partial charge in [-0.05, 0) is 31.2 Å². The summed E-state index contributed by atoms with van der Waals surface area (Å²) in [4.78, 5) is 16.8. The van der Waals surface area contributed by atoms with E-state index < -0.39 is 0 Å². The lowest BCUT2D eigenvalue weighted by molar-refractivity contribution is -0.115. The first-order valence-electron chi connectivity index (χ1n) is 9.16. The molecule has 0 bridgehead atoms. The van der Waals surface area contributed by atoms with Crippen molar-refractivity contribution in [1.29, 1.82) is 0 Å². The van der Waals surface area contributed by atoms with Crippen molar-refractivity contribution in [3.05, 3.63) is 82.3 Å². The number of halogens is 1. The highest BCUT2D eigenvalue weighted by molar-refractivity contribution is 7.98. The van der Waals surface area contributed by atoms with Crippen LogP contribution in [0.2, 0.25) is 0 Å². The first kappa shape index (κ1) is 20.2. The van der Waals surface area contributed by atoms with Gasteiger partial charge >= 0.3 is 0 Å². The van der Waals surface area contributed by atoms with Crippen LogP contribution in [0.25, 0.3) is 5.69 Å². The number of anilines is 1. The van der Waals surface area contributed by atoms with E-state index in [4.69, 9.17) is 0 Å². The van der Waals surface area contributed by atoms with E-state index in [0.29, 0.717) is 16.6 Å². The molecule has 0 saturated carbocycles. The standard InChI is InChI=1S/C21H18FN5OS2/c1-14-6-8-15(9-7-14)24-19(28)10-20-25-16(11-29-20)12-30-21-26-23-13-27(21)18-5-3-2-4-17(18)22/h2-9,11,13H,10,12H2,1H3,(H,24,28). The highest BCUT2D eigenvalue weighted by atomic mass is 32.2. The van der Waals surface area contributed by atoms with Crippen LogP contribution in [0.3, 0.4) is 0 Å². The molecule has 152 valence electrons. The Kier molecular flexibility index (Phi) is 6.20. The van der Waals surface area contributed by atoms with Crippen LogP contribution in [0.1, 0.15) is 16.3 Å². The third-order valence-electron chi connectivity index (χ3n) is 4.22. The molecule has 0 spiro atoms. The van der Waals surface area contributed by atoms with E-state index in [1.54, 1.807) is 22.8 Å². The molecule has 0 radical (unpaired) electrons. The molecule has 6 nitrogen and oxygen atoms in total. The molecule has 1 amide bonds. The number of para-hydroxylation sites is 1. The maximum atomic E-state index is 14.1. The molecule has 0 aliphatic carbocycles. The zero-order valence-electron chi connectivity index (χ0n) is 16.1. The minimum absolute atomic E-state index is 0.105. The summed E-state index contributed by atoms with van der Waals surface area (Å²) < 4.78 is 15.7. The van der Waals surface area contributed by atoms with Gasteiger partial charge in [-0.15, -0.1) is 21.5 Å². The predicted molar refractivity (Wildman–Crippen MR) is 117 cm³/mol. The number of benzene rings is 2. The molecular weight excluding hydrogens is 421 g/mol. The van der Waals surface area contributed by atoms with E-state index in [1.807, 2.05) is 36.6 Å². The lowest BCUT2D eigenvalue weighted by Crippen LogP contribution is -2.14. The van der Waals surface area contributed by atoms with Crippen LogP contribution in [0.4, 0.5) is 10.1 Å². The molecule has 4 rings (SSSR count). The van der Waals surface area contributed by atoms with Crippen molar-refractivity contribution in [3.8, 4) is 5.69 Å². The fourth-order valence-corrected chi connectivity index (χ4v) is 4.46. The van der Waals surface area contributed by atoms with E-state index in [1.165, 1.54) is 35.5 Å². The minimum Gasteiger partial charge on any atom is -0.326 e. The van der Waals surface area contributed by atoms with E-state index in [-0.39, 0.29) is 18.1 Å². The van der Waals surface area contributed by atoms with Gasteiger partial charge in [-0.25, -0.2) is 9.37 Å². The largest absolute Gasteiger partial charge is 0.326 e. The topological polar surface area (TPSA) is 72.7 Å². The van der Waals surface area contributed by atoms with Gasteiger partial charge in [-0.2, -0.15) is 0 Å². The van der Waals surface area contributed by atoms with Crippen LogP contribution >= 0.6 is 23.1 Å². The summed E-state index contributed by atoms with van der Waals surface area (Å²) in [6, 6.07) is 14.1. The second-order valence-corrected chi connectivity index (χ2v) is 8.43. The third-order valence-corrected chi connectivity index (χ3v) is 6.10. The summed E-state index contributed by atoms with van der Waals surface area (Å²) in [7, 11) is 0. The minimum atomic E-state index is -0.338. The third kappa shape index (κ3) is 4.92. The van der Waals surface area contributed by atoms with Gasteiger partial charge in [0.15, 0.2) is 5.16 Å². The zero-order chi connectivity index (χ0) is 20.9. The number of nitrogens with zero attached hydrogens (tertiary/aromatic N) is 4. The number of nitrogens with one attached hydrogen (secondary N) is 1. The summed E-state index contributed by atoms with van der Waals surface area (Å²) in [5.41, 5.74) is 3.15. The number of aryl methyl sites for hydroxylation is 1. The molecule has 30 heavy (non-hydrogen) atoms. The van der Waals surface area contributed by atoms with E-state index in [9.17, 15) is 9.18 Å². The predicted octanol–water partition coefficient (Wildman–Crippen LogP) is 4.64. The van der Waals surface area contributed by atoms with E-state index in [2.05, 4.69) is 20.5 Å². The molecule has 2 heterocycles. The van der Waals surface area contributed by atoms with Crippen molar-refractivity contribution in [1.82, 2.24) is 19.7 Å². The highest BCUT2D eigenvalue weighted by Gasteiger charge is 2.13. The Morgan fingerprint density at radius 1 is 1.20 bits per heavy atom. The van der Waals surface area contributed by atoms with Gasteiger partial charge in [0.1, 0.15) is 17.2 Å². The van der Waals surface area contributed by atoms with Crippen LogP contribution in [-0.2, 0) is 17.0 Å². The maximum Gasteiger partial charge on any atom is 0.231 e. The maximum absolute atomic E-state index is 14.1. The molecule has 0 aliphatic heterocycles. The summed E-state index contributed by atoms with van der Waals surface area (Å²) >= 11 is 2.86. The Morgan fingerprint density at radius 2 is 2.00 bits per heavy atom. The van der Waals surface area contributed by atoms with Crippen molar-refractivity contribution in [2.24, 2.45) is 0 Å². The normalized spacial score (nSPS) is 10.9. The molecule has 0 fully saturated rings. The Bertz CT molecular complexity index is 1160. The number of hydrogen-bond acceptors (Lipinski definition) is 6. The monoisotopic (exact) mass is 439 g/mol. The SMILES string of the molecule is Cc1ccc(NC(=O)Cc2nc(CSc3nncn3-c3ccccc3F)cs2)cc1. The van der Waals surface area contributed by atoms with Gasteiger partial charge in [0.05, 0.1) is 17.8 Å². The molecule has 1 N–H and O–H groups in total. The first-order chi connectivity index (χ1) is 14.6. The van der Waals surface area contributed by atoms with Crippen LogP contribution in [0.15, 0.2) is 65.4 Å². The van der Waals surface area contributed by atoms with E-state index in [0.717, 1.165) is 22.0 Å².